The first-order valence-corrected chi connectivity index (χ1v) is 5.66. The van der Waals surface area contributed by atoms with Gasteiger partial charge in [-0.2, -0.15) is 13.2 Å². The number of alkyl halides is 3. The molecule has 0 saturated heterocycles. The van der Waals surface area contributed by atoms with E-state index in [0.717, 1.165) is 12.1 Å². The van der Waals surface area contributed by atoms with E-state index in [9.17, 15) is 13.2 Å². The van der Waals surface area contributed by atoms with Crippen LogP contribution < -0.4 is 11.3 Å². The average molecular weight is 270 g/mol. The first-order chi connectivity index (χ1) is 9.00. The van der Waals surface area contributed by atoms with Gasteiger partial charge in [0.05, 0.1) is 17.9 Å². The van der Waals surface area contributed by atoms with E-state index >= 15 is 0 Å². The predicted molar refractivity (Wildman–Crippen MR) is 63.9 cm³/mol. The van der Waals surface area contributed by atoms with E-state index in [1.807, 2.05) is 0 Å². The fourth-order valence-electron chi connectivity index (χ4n) is 1.81. The Balaban J connectivity index is 2.15. The Morgan fingerprint density at radius 1 is 1.16 bits per heavy atom. The van der Waals surface area contributed by atoms with Crippen LogP contribution in [0.2, 0.25) is 0 Å². The summed E-state index contributed by atoms with van der Waals surface area (Å²) in [6.45, 7) is 0. The van der Waals surface area contributed by atoms with Crippen molar-refractivity contribution in [1.82, 2.24) is 5.43 Å². The van der Waals surface area contributed by atoms with E-state index in [0.29, 0.717) is 17.7 Å². The smallest absolute Gasteiger partial charge is 0.416 e. The highest BCUT2D eigenvalue weighted by molar-refractivity contribution is 5.27. The van der Waals surface area contributed by atoms with Gasteiger partial charge in [-0.05, 0) is 29.8 Å². The molecular formula is C13H13F3N2O. The number of nitrogens with two attached hydrogens (primary N) is 1. The number of rotatable bonds is 4. The second-order valence-corrected chi connectivity index (χ2v) is 4.12. The number of nitrogens with one attached hydrogen (secondary N) is 1. The van der Waals surface area contributed by atoms with E-state index < -0.39 is 11.7 Å². The van der Waals surface area contributed by atoms with Gasteiger partial charge in [-0.15, -0.1) is 0 Å². The fourth-order valence-corrected chi connectivity index (χ4v) is 1.81. The molecule has 2 rings (SSSR count). The van der Waals surface area contributed by atoms with Crippen LogP contribution in [0.4, 0.5) is 13.2 Å². The van der Waals surface area contributed by atoms with Crippen molar-refractivity contribution < 1.29 is 17.6 Å². The summed E-state index contributed by atoms with van der Waals surface area (Å²) in [4.78, 5) is 0. The minimum absolute atomic E-state index is 0.298. The molecule has 3 N–H and O–H groups in total. The molecule has 0 bridgehead atoms. The monoisotopic (exact) mass is 270 g/mol. The number of furan rings is 1. The Bertz CT molecular complexity index is 506. The van der Waals surface area contributed by atoms with E-state index in [2.05, 4.69) is 5.43 Å². The summed E-state index contributed by atoms with van der Waals surface area (Å²) in [5.74, 6) is 6.14. The number of benzene rings is 1. The van der Waals surface area contributed by atoms with Gasteiger partial charge in [0, 0.05) is 6.42 Å². The van der Waals surface area contributed by atoms with Gasteiger partial charge in [0.15, 0.2) is 0 Å². The standard InChI is InChI=1S/C13H13F3N2O/c14-13(15,16)10-5-3-9(4-6-10)12(18-17)8-11-2-1-7-19-11/h1-7,12,18H,8,17H2. The molecule has 0 amide bonds. The van der Waals surface area contributed by atoms with Crippen LogP contribution in [0.15, 0.2) is 47.1 Å². The zero-order valence-electron chi connectivity index (χ0n) is 9.95. The number of hydrogen-bond donors (Lipinski definition) is 2. The molecule has 1 aromatic carbocycles. The maximum atomic E-state index is 12.5. The maximum Gasteiger partial charge on any atom is 0.416 e. The average Bonchev–Trinajstić information content (AvgIpc) is 2.88. The topological polar surface area (TPSA) is 51.2 Å². The minimum Gasteiger partial charge on any atom is -0.469 e. The van der Waals surface area contributed by atoms with Crippen molar-refractivity contribution in [3.8, 4) is 0 Å². The van der Waals surface area contributed by atoms with Crippen LogP contribution in [0.25, 0.3) is 0 Å². The van der Waals surface area contributed by atoms with Gasteiger partial charge in [-0.1, -0.05) is 12.1 Å². The van der Waals surface area contributed by atoms with Crippen LogP contribution in [0.3, 0.4) is 0 Å². The summed E-state index contributed by atoms with van der Waals surface area (Å²) in [6, 6.07) is 8.15. The molecule has 1 unspecified atom stereocenters. The lowest BCUT2D eigenvalue weighted by Crippen LogP contribution is -2.29. The molecule has 3 nitrogen and oxygen atoms in total. The van der Waals surface area contributed by atoms with E-state index in [4.69, 9.17) is 10.3 Å². The summed E-state index contributed by atoms with van der Waals surface area (Å²) in [7, 11) is 0. The minimum atomic E-state index is -4.33. The first kappa shape index (κ1) is 13.6. The third kappa shape index (κ3) is 3.36. The number of halogens is 3. The maximum absolute atomic E-state index is 12.5. The molecule has 0 saturated carbocycles. The second kappa shape index (κ2) is 5.46. The third-order valence-electron chi connectivity index (χ3n) is 2.83. The van der Waals surface area contributed by atoms with Gasteiger partial charge < -0.3 is 4.42 Å². The lowest BCUT2D eigenvalue weighted by molar-refractivity contribution is -0.137. The van der Waals surface area contributed by atoms with E-state index in [1.54, 1.807) is 12.1 Å². The Hall–Kier alpha value is -1.79. The van der Waals surface area contributed by atoms with Gasteiger partial charge in [-0.25, -0.2) is 0 Å². The molecule has 102 valence electrons. The van der Waals surface area contributed by atoms with Gasteiger partial charge in [0.2, 0.25) is 0 Å². The Morgan fingerprint density at radius 3 is 2.32 bits per heavy atom. The summed E-state index contributed by atoms with van der Waals surface area (Å²) < 4.78 is 42.5. The van der Waals surface area contributed by atoms with Gasteiger partial charge in [0.25, 0.3) is 0 Å². The van der Waals surface area contributed by atoms with Crippen LogP contribution in [-0.2, 0) is 12.6 Å². The van der Waals surface area contributed by atoms with Crippen molar-refractivity contribution >= 4 is 0 Å². The van der Waals surface area contributed by atoms with Gasteiger partial charge in [-0.3, -0.25) is 11.3 Å². The quantitative estimate of drug-likeness (QED) is 0.663. The lowest BCUT2D eigenvalue weighted by atomic mass is 10.0. The second-order valence-electron chi connectivity index (χ2n) is 4.12. The molecule has 0 aliphatic rings. The molecule has 0 aliphatic carbocycles. The highest BCUT2D eigenvalue weighted by Crippen LogP contribution is 2.30. The largest absolute Gasteiger partial charge is 0.469 e. The zero-order chi connectivity index (χ0) is 13.9. The van der Waals surface area contributed by atoms with Crippen molar-refractivity contribution in [1.29, 1.82) is 0 Å². The molecule has 6 heteroatoms. The van der Waals surface area contributed by atoms with Crippen LogP contribution in [-0.4, -0.2) is 0 Å². The summed E-state index contributed by atoms with van der Waals surface area (Å²) in [5.41, 5.74) is 2.57. The van der Waals surface area contributed by atoms with Crippen molar-refractivity contribution in [2.24, 2.45) is 5.84 Å². The van der Waals surface area contributed by atoms with Crippen LogP contribution in [0.1, 0.15) is 22.9 Å². The molecule has 0 fully saturated rings. The Labute approximate surface area is 108 Å². The molecule has 0 aliphatic heterocycles. The molecule has 1 heterocycles. The third-order valence-corrected chi connectivity index (χ3v) is 2.83. The summed E-state index contributed by atoms with van der Waals surface area (Å²) in [6.07, 6.45) is -2.32. The van der Waals surface area contributed by atoms with Crippen molar-refractivity contribution in [2.45, 2.75) is 18.6 Å². The normalized spacial score (nSPS) is 13.5. The van der Waals surface area contributed by atoms with Crippen LogP contribution in [0.5, 0.6) is 0 Å². The SMILES string of the molecule is NNC(Cc1ccco1)c1ccc(C(F)(F)F)cc1. The first-order valence-electron chi connectivity index (χ1n) is 5.66. The molecule has 0 spiro atoms. The van der Waals surface area contributed by atoms with Crippen molar-refractivity contribution in [2.75, 3.05) is 0 Å². The van der Waals surface area contributed by atoms with Crippen molar-refractivity contribution in [3.05, 3.63) is 59.5 Å². The molecular weight excluding hydrogens is 257 g/mol. The number of hydrazine groups is 1. The molecule has 1 atom stereocenters. The Kier molecular flexibility index (Phi) is 3.92. The summed E-state index contributed by atoms with van der Waals surface area (Å²) in [5, 5.41) is 0. The molecule has 1 aromatic heterocycles. The fraction of sp³-hybridized carbons (Fsp3) is 0.231. The molecule has 19 heavy (non-hydrogen) atoms. The summed E-state index contributed by atoms with van der Waals surface area (Å²) >= 11 is 0. The number of hydrogen-bond acceptors (Lipinski definition) is 3. The van der Waals surface area contributed by atoms with Crippen molar-refractivity contribution in [3.63, 3.8) is 0 Å². The zero-order valence-corrected chi connectivity index (χ0v) is 9.95. The molecule has 2 aromatic rings. The van der Waals surface area contributed by atoms with Gasteiger partial charge >= 0.3 is 6.18 Å². The molecule has 0 radical (unpaired) electrons. The van der Waals surface area contributed by atoms with Crippen LogP contribution >= 0.6 is 0 Å². The van der Waals surface area contributed by atoms with Gasteiger partial charge in [0.1, 0.15) is 5.76 Å². The van der Waals surface area contributed by atoms with E-state index in [-0.39, 0.29) is 6.04 Å². The predicted octanol–water partition coefficient (Wildman–Crippen LogP) is 3.05. The highest BCUT2D eigenvalue weighted by atomic mass is 19.4. The lowest BCUT2D eigenvalue weighted by Gasteiger charge is -2.16. The van der Waals surface area contributed by atoms with E-state index in [1.165, 1.54) is 18.4 Å². The Morgan fingerprint density at radius 2 is 1.84 bits per heavy atom. The van der Waals surface area contributed by atoms with Crippen LogP contribution in [0, 0.1) is 0 Å². The highest BCUT2D eigenvalue weighted by Gasteiger charge is 2.30.